The zero-order chi connectivity index (χ0) is 17.5. The Morgan fingerprint density at radius 3 is 2.24 bits per heavy atom. The Bertz CT molecular complexity index is 662. The molecule has 3 aliphatic carbocycles. The maximum atomic E-state index is 12.5. The molecule has 5 heteroatoms. The molecule has 0 bridgehead atoms. The summed E-state index contributed by atoms with van der Waals surface area (Å²) in [5.74, 6) is 1.35. The number of rotatable bonds is 4. The van der Waals surface area contributed by atoms with E-state index >= 15 is 0 Å². The predicted molar refractivity (Wildman–Crippen MR) is 102 cm³/mol. The van der Waals surface area contributed by atoms with Gasteiger partial charge in [-0.15, -0.1) is 23.2 Å². The molecule has 1 aromatic carbocycles. The van der Waals surface area contributed by atoms with Crippen molar-refractivity contribution in [2.75, 3.05) is 0 Å². The normalized spacial score (nSPS) is 36.2. The number of alkyl halides is 2. The highest BCUT2D eigenvalue weighted by Gasteiger charge is 2.66. The van der Waals surface area contributed by atoms with Gasteiger partial charge in [-0.2, -0.15) is 5.10 Å². The molecule has 3 nitrogen and oxygen atoms in total. The third kappa shape index (κ3) is 3.21. The maximum absolute atomic E-state index is 12.5. The lowest BCUT2D eigenvalue weighted by molar-refractivity contribution is -0.122. The first-order valence-electron chi connectivity index (χ1n) is 9.33. The number of nitrogens with zero attached hydrogens (tertiary/aromatic N) is 1. The molecule has 1 aromatic rings. The van der Waals surface area contributed by atoms with E-state index in [1.165, 1.54) is 38.5 Å². The Morgan fingerprint density at radius 2 is 1.68 bits per heavy atom. The van der Waals surface area contributed by atoms with E-state index in [0.29, 0.717) is 18.3 Å². The second-order valence-corrected chi connectivity index (χ2v) is 9.28. The summed E-state index contributed by atoms with van der Waals surface area (Å²) < 4.78 is -0.855. The average molecular weight is 379 g/mol. The summed E-state index contributed by atoms with van der Waals surface area (Å²) in [5, 5.41) is 4.25. The van der Waals surface area contributed by atoms with Crippen LogP contribution in [-0.2, 0) is 10.2 Å². The minimum absolute atomic E-state index is 0.0618. The molecule has 1 amide bonds. The number of hydrazone groups is 1. The number of fused-ring (bicyclic) bond motifs is 1. The van der Waals surface area contributed by atoms with Crippen molar-refractivity contribution in [1.82, 2.24) is 5.43 Å². The number of benzene rings is 1. The van der Waals surface area contributed by atoms with Crippen molar-refractivity contribution in [2.45, 2.75) is 54.7 Å². The Labute approximate surface area is 159 Å². The number of hydrogen-bond donors (Lipinski definition) is 1. The van der Waals surface area contributed by atoms with Gasteiger partial charge >= 0.3 is 0 Å². The molecular formula is C20H24Cl2N2O. The lowest BCUT2D eigenvalue weighted by Gasteiger charge is -2.13. The summed E-state index contributed by atoms with van der Waals surface area (Å²) in [7, 11) is 0. The number of nitrogens with one attached hydrogen (secondary N) is 1. The molecule has 134 valence electrons. The van der Waals surface area contributed by atoms with Crippen LogP contribution in [-0.4, -0.2) is 16.5 Å². The summed E-state index contributed by atoms with van der Waals surface area (Å²) in [6.07, 6.45) is 9.84. The molecular weight excluding hydrogens is 355 g/mol. The minimum Gasteiger partial charge on any atom is -0.273 e. The van der Waals surface area contributed by atoms with Crippen LogP contribution < -0.4 is 5.43 Å². The van der Waals surface area contributed by atoms with Gasteiger partial charge in [0.25, 0.3) is 0 Å². The van der Waals surface area contributed by atoms with E-state index in [1.807, 2.05) is 30.3 Å². The van der Waals surface area contributed by atoms with Gasteiger partial charge in [-0.05, 0) is 36.7 Å². The minimum atomic E-state index is -0.855. The monoisotopic (exact) mass is 378 g/mol. The van der Waals surface area contributed by atoms with E-state index in [4.69, 9.17) is 23.2 Å². The zero-order valence-electron chi connectivity index (χ0n) is 14.3. The largest absolute Gasteiger partial charge is 0.273 e. The number of carbonyl (C=O) groups excluding carboxylic acids is 1. The maximum Gasteiger partial charge on any atom is 0.243 e. The predicted octanol–water partition coefficient (Wildman–Crippen LogP) is 4.82. The molecule has 4 rings (SSSR count). The highest BCUT2D eigenvalue weighted by Crippen LogP contribution is 2.63. The van der Waals surface area contributed by atoms with Gasteiger partial charge in [-0.25, -0.2) is 5.43 Å². The van der Waals surface area contributed by atoms with Gasteiger partial charge in [-0.3, -0.25) is 4.79 Å². The first-order valence-corrected chi connectivity index (χ1v) is 10.1. The highest BCUT2D eigenvalue weighted by atomic mass is 35.5. The molecule has 1 N–H and O–H groups in total. The zero-order valence-corrected chi connectivity index (χ0v) is 15.8. The molecule has 0 heterocycles. The van der Waals surface area contributed by atoms with Crippen molar-refractivity contribution in [3.05, 3.63) is 35.9 Å². The van der Waals surface area contributed by atoms with Crippen LogP contribution in [0.25, 0.3) is 0 Å². The van der Waals surface area contributed by atoms with Crippen molar-refractivity contribution in [3.63, 3.8) is 0 Å². The molecule has 0 spiro atoms. The number of hydrogen-bond acceptors (Lipinski definition) is 2. The van der Waals surface area contributed by atoms with E-state index in [9.17, 15) is 4.79 Å². The summed E-state index contributed by atoms with van der Waals surface area (Å²) in [5.41, 5.74) is 3.29. The van der Waals surface area contributed by atoms with Gasteiger partial charge in [0.05, 0.1) is 5.41 Å². The van der Waals surface area contributed by atoms with Crippen LogP contribution in [0.5, 0.6) is 0 Å². The number of halogens is 2. The van der Waals surface area contributed by atoms with E-state index in [1.54, 1.807) is 6.21 Å². The lowest BCUT2D eigenvalue weighted by atomic mass is 9.97. The summed E-state index contributed by atoms with van der Waals surface area (Å²) in [6.45, 7) is 0. The Morgan fingerprint density at radius 1 is 1.08 bits per heavy atom. The second kappa shape index (κ2) is 6.59. The Balaban J connectivity index is 1.40. The average Bonchev–Trinajstić information content (AvgIpc) is 3.41. The number of amides is 1. The van der Waals surface area contributed by atoms with Crippen LogP contribution in [0.15, 0.2) is 35.4 Å². The number of carbonyl (C=O) groups is 1. The third-order valence-electron chi connectivity index (χ3n) is 6.24. The van der Waals surface area contributed by atoms with Crippen LogP contribution in [0.4, 0.5) is 0 Å². The van der Waals surface area contributed by atoms with Gasteiger partial charge in [0.2, 0.25) is 5.91 Å². The fourth-order valence-corrected chi connectivity index (χ4v) is 5.32. The smallest absolute Gasteiger partial charge is 0.243 e. The third-order valence-corrected chi connectivity index (χ3v) is 7.18. The van der Waals surface area contributed by atoms with Crippen LogP contribution in [0.2, 0.25) is 0 Å². The summed E-state index contributed by atoms with van der Waals surface area (Å²) in [4.78, 5) is 12.5. The molecule has 0 aliphatic heterocycles. The van der Waals surface area contributed by atoms with E-state index in [0.717, 1.165) is 5.56 Å². The van der Waals surface area contributed by atoms with Crippen molar-refractivity contribution >= 4 is 35.3 Å². The summed E-state index contributed by atoms with van der Waals surface area (Å²) >= 11 is 12.8. The van der Waals surface area contributed by atoms with Crippen LogP contribution in [0.1, 0.15) is 50.5 Å². The fraction of sp³-hybridized carbons (Fsp3) is 0.600. The SMILES string of the molecule is O=C(N/N=C\[C@@]1(c2ccccc2)CC1(Cl)Cl)C1[C@H]2CCCCCC[C@H]12. The van der Waals surface area contributed by atoms with Crippen LogP contribution in [0.3, 0.4) is 0 Å². The van der Waals surface area contributed by atoms with Gasteiger partial charge in [0.1, 0.15) is 4.33 Å². The van der Waals surface area contributed by atoms with E-state index < -0.39 is 9.75 Å². The molecule has 25 heavy (non-hydrogen) atoms. The molecule has 0 saturated heterocycles. The van der Waals surface area contributed by atoms with Crippen LogP contribution >= 0.6 is 23.2 Å². The molecule has 3 aliphatic rings. The van der Waals surface area contributed by atoms with Gasteiger partial charge in [-0.1, -0.05) is 56.0 Å². The van der Waals surface area contributed by atoms with Crippen molar-refractivity contribution in [3.8, 4) is 0 Å². The first-order chi connectivity index (χ1) is 12.1. The van der Waals surface area contributed by atoms with E-state index in [-0.39, 0.29) is 11.8 Å². The molecule has 0 aromatic heterocycles. The molecule has 3 fully saturated rings. The highest BCUT2D eigenvalue weighted by molar-refractivity contribution is 6.53. The molecule has 0 unspecified atom stereocenters. The van der Waals surface area contributed by atoms with E-state index in [2.05, 4.69) is 10.5 Å². The van der Waals surface area contributed by atoms with Crippen molar-refractivity contribution in [2.24, 2.45) is 22.9 Å². The topological polar surface area (TPSA) is 41.5 Å². The van der Waals surface area contributed by atoms with Crippen molar-refractivity contribution < 1.29 is 4.79 Å². The molecule has 3 saturated carbocycles. The Kier molecular flexibility index (Phi) is 4.57. The van der Waals surface area contributed by atoms with Gasteiger partial charge in [0, 0.05) is 12.1 Å². The quantitative estimate of drug-likeness (QED) is 0.455. The standard InChI is InChI=1S/C20H24Cl2N2O/c21-20(22)12-19(20,14-8-4-3-5-9-14)13-23-24-18(25)17-15-10-6-1-2-7-11-16(15)17/h3-5,8-9,13,15-17H,1-2,6-7,10-12H2,(H,24,25)/b23-13-/t15-,16-,19+/m0/s1. The first kappa shape index (κ1) is 17.4. The van der Waals surface area contributed by atoms with Crippen molar-refractivity contribution in [1.29, 1.82) is 0 Å². The fourth-order valence-electron chi connectivity index (χ4n) is 4.58. The molecule has 0 radical (unpaired) electrons. The second-order valence-electron chi connectivity index (χ2n) is 7.80. The van der Waals surface area contributed by atoms with Crippen LogP contribution in [0, 0.1) is 17.8 Å². The van der Waals surface area contributed by atoms with Gasteiger partial charge in [0.15, 0.2) is 0 Å². The molecule has 3 atom stereocenters. The Hall–Kier alpha value is -1.06. The van der Waals surface area contributed by atoms with Gasteiger partial charge < -0.3 is 0 Å². The summed E-state index contributed by atoms with van der Waals surface area (Å²) in [6, 6.07) is 9.90. The lowest BCUT2D eigenvalue weighted by Crippen LogP contribution is -2.24.